The van der Waals surface area contributed by atoms with Gasteiger partial charge in [-0.1, -0.05) is 48.0 Å². The van der Waals surface area contributed by atoms with Crippen molar-refractivity contribution in [3.8, 4) is 0 Å². The molecule has 1 N–H and O–H groups in total. The maximum Gasteiger partial charge on any atom is 0.243 e. The summed E-state index contributed by atoms with van der Waals surface area (Å²) in [5.41, 5.74) is 1.99. The van der Waals surface area contributed by atoms with Crippen LogP contribution in [0.4, 0.5) is 0 Å². The van der Waals surface area contributed by atoms with Crippen molar-refractivity contribution in [3.05, 3.63) is 65.7 Å². The molecule has 3 rings (SSSR count). The van der Waals surface area contributed by atoms with Crippen LogP contribution in [0.25, 0.3) is 0 Å². The molecule has 0 aliphatic carbocycles. The van der Waals surface area contributed by atoms with Crippen LogP contribution in [-0.2, 0) is 10.0 Å². The maximum absolute atomic E-state index is 13.1. The Kier molecular flexibility index (Phi) is 4.53. The van der Waals surface area contributed by atoms with Gasteiger partial charge < -0.3 is 5.11 Å². The van der Waals surface area contributed by atoms with E-state index >= 15 is 0 Å². The molecule has 0 bridgehead atoms. The fourth-order valence-electron chi connectivity index (χ4n) is 3.22. The van der Waals surface area contributed by atoms with Crippen molar-refractivity contribution in [1.82, 2.24) is 4.31 Å². The van der Waals surface area contributed by atoms with E-state index in [0.717, 1.165) is 17.5 Å². The monoisotopic (exact) mass is 331 g/mol. The van der Waals surface area contributed by atoms with Gasteiger partial charge in [-0.25, -0.2) is 8.42 Å². The number of benzene rings is 2. The summed E-state index contributed by atoms with van der Waals surface area (Å²) in [4.78, 5) is 0.282. The third-order valence-electron chi connectivity index (χ3n) is 4.43. The van der Waals surface area contributed by atoms with Gasteiger partial charge >= 0.3 is 0 Å². The van der Waals surface area contributed by atoms with Gasteiger partial charge in [0.2, 0.25) is 10.0 Å². The molecule has 1 heterocycles. The summed E-state index contributed by atoms with van der Waals surface area (Å²) < 4.78 is 27.7. The summed E-state index contributed by atoms with van der Waals surface area (Å²) in [6.45, 7) is 1.77. The molecule has 0 amide bonds. The Bertz CT molecular complexity index is 757. The van der Waals surface area contributed by atoms with Crippen LogP contribution in [0.2, 0.25) is 0 Å². The number of nitrogens with zero attached hydrogens (tertiary/aromatic N) is 1. The predicted molar refractivity (Wildman–Crippen MR) is 89.5 cm³/mol. The number of sulfonamides is 1. The van der Waals surface area contributed by atoms with Crippen molar-refractivity contribution in [2.75, 3.05) is 6.61 Å². The molecule has 0 saturated carbocycles. The van der Waals surface area contributed by atoms with Crippen molar-refractivity contribution in [2.24, 2.45) is 0 Å². The Morgan fingerprint density at radius 3 is 2.30 bits per heavy atom. The fraction of sp³-hybridized carbons (Fsp3) is 0.333. The zero-order valence-corrected chi connectivity index (χ0v) is 13.9. The third kappa shape index (κ3) is 3.04. The minimum Gasteiger partial charge on any atom is -0.395 e. The van der Waals surface area contributed by atoms with E-state index < -0.39 is 10.0 Å². The minimum atomic E-state index is -3.64. The molecule has 0 aromatic heterocycles. The molecule has 2 aromatic carbocycles. The van der Waals surface area contributed by atoms with Gasteiger partial charge in [0.15, 0.2) is 0 Å². The molecule has 2 atom stereocenters. The Morgan fingerprint density at radius 2 is 1.70 bits per heavy atom. The summed E-state index contributed by atoms with van der Waals surface area (Å²) in [6.07, 6.45) is 1.39. The van der Waals surface area contributed by atoms with Gasteiger partial charge in [0.25, 0.3) is 0 Å². The van der Waals surface area contributed by atoms with Crippen LogP contribution < -0.4 is 0 Å². The van der Waals surface area contributed by atoms with E-state index in [4.69, 9.17) is 0 Å². The van der Waals surface area contributed by atoms with Crippen LogP contribution in [0.5, 0.6) is 0 Å². The number of aryl methyl sites for hydroxylation is 1. The lowest BCUT2D eigenvalue weighted by atomic mass is 10.1. The van der Waals surface area contributed by atoms with Crippen molar-refractivity contribution in [3.63, 3.8) is 0 Å². The molecule has 1 saturated heterocycles. The first-order chi connectivity index (χ1) is 11.0. The molecular formula is C18H21NO3S. The average molecular weight is 331 g/mol. The quantitative estimate of drug-likeness (QED) is 0.937. The fourth-order valence-corrected chi connectivity index (χ4v) is 5.07. The summed E-state index contributed by atoms with van der Waals surface area (Å²) >= 11 is 0. The molecule has 0 spiro atoms. The van der Waals surface area contributed by atoms with Crippen LogP contribution in [0.1, 0.15) is 30.0 Å². The van der Waals surface area contributed by atoms with E-state index in [2.05, 4.69) is 0 Å². The van der Waals surface area contributed by atoms with Gasteiger partial charge in [-0.3, -0.25) is 0 Å². The summed E-state index contributed by atoms with van der Waals surface area (Å²) in [6, 6.07) is 15.9. The smallest absolute Gasteiger partial charge is 0.243 e. The zero-order chi connectivity index (χ0) is 16.4. The predicted octanol–water partition coefficient (Wildman–Crippen LogP) is 2.88. The topological polar surface area (TPSA) is 57.6 Å². The lowest BCUT2D eigenvalue weighted by Gasteiger charge is -2.29. The van der Waals surface area contributed by atoms with Gasteiger partial charge in [0.05, 0.1) is 17.5 Å². The first-order valence-corrected chi connectivity index (χ1v) is 9.24. The molecular weight excluding hydrogens is 310 g/mol. The van der Waals surface area contributed by atoms with Gasteiger partial charge in [0.1, 0.15) is 0 Å². The molecule has 2 aromatic rings. The van der Waals surface area contributed by atoms with Gasteiger partial charge in [-0.15, -0.1) is 0 Å². The zero-order valence-electron chi connectivity index (χ0n) is 13.1. The third-order valence-corrected chi connectivity index (χ3v) is 6.41. The maximum atomic E-state index is 13.1. The first kappa shape index (κ1) is 16.2. The van der Waals surface area contributed by atoms with E-state index in [1.165, 1.54) is 4.31 Å². The molecule has 122 valence electrons. The van der Waals surface area contributed by atoms with Crippen molar-refractivity contribution < 1.29 is 13.5 Å². The molecule has 1 aliphatic rings. The Hall–Kier alpha value is -1.69. The lowest BCUT2D eigenvalue weighted by molar-refractivity contribution is 0.197. The number of aliphatic hydroxyl groups excluding tert-OH is 1. The largest absolute Gasteiger partial charge is 0.395 e. The highest BCUT2D eigenvalue weighted by molar-refractivity contribution is 7.89. The molecule has 4 nitrogen and oxygen atoms in total. The molecule has 5 heteroatoms. The van der Waals surface area contributed by atoms with Crippen LogP contribution in [-0.4, -0.2) is 30.5 Å². The minimum absolute atomic E-state index is 0.158. The molecule has 0 radical (unpaired) electrons. The van der Waals surface area contributed by atoms with Crippen LogP contribution in [0.3, 0.4) is 0 Å². The van der Waals surface area contributed by atoms with Crippen LogP contribution >= 0.6 is 0 Å². The summed E-state index contributed by atoms with van der Waals surface area (Å²) in [7, 11) is -3.64. The lowest BCUT2D eigenvalue weighted by Crippen LogP contribution is -2.39. The van der Waals surface area contributed by atoms with Crippen molar-refractivity contribution in [1.29, 1.82) is 0 Å². The van der Waals surface area contributed by atoms with E-state index in [0.29, 0.717) is 6.42 Å². The second kappa shape index (κ2) is 6.43. The number of hydrogen-bond donors (Lipinski definition) is 1. The Morgan fingerprint density at radius 1 is 1.04 bits per heavy atom. The Balaban J connectivity index is 2.03. The molecule has 23 heavy (non-hydrogen) atoms. The highest BCUT2D eigenvalue weighted by atomic mass is 32.2. The van der Waals surface area contributed by atoms with E-state index in [9.17, 15) is 13.5 Å². The van der Waals surface area contributed by atoms with Gasteiger partial charge in [0, 0.05) is 6.04 Å². The average Bonchev–Trinajstić information content (AvgIpc) is 3.01. The second-order valence-electron chi connectivity index (χ2n) is 5.99. The summed E-state index contributed by atoms with van der Waals surface area (Å²) in [5.74, 6) is 0. The van der Waals surface area contributed by atoms with Crippen molar-refractivity contribution in [2.45, 2.75) is 36.7 Å². The molecule has 1 fully saturated rings. The van der Waals surface area contributed by atoms with Crippen LogP contribution in [0.15, 0.2) is 59.5 Å². The van der Waals surface area contributed by atoms with Gasteiger partial charge in [-0.2, -0.15) is 4.31 Å². The van der Waals surface area contributed by atoms with Crippen LogP contribution in [0, 0.1) is 6.92 Å². The standard InChI is InChI=1S/C18H21NO3S/c1-14-7-10-17(11-8-14)23(21,22)19-16(13-20)9-12-18(19)15-5-3-2-4-6-15/h2-8,10-11,16,18,20H,9,12-13H2,1H3/t16-,18+/m0/s1. The molecule has 1 aliphatic heterocycles. The highest BCUT2D eigenvalue weighted by Crippen LogP contribution is 2.40. The summed E-state index contributed by atoms with van der Waals surface area (Å²) in [5, 5.41) is 9.65. The number of rotatable bonds is 4. The van der Waals surface area contributed by atoms with Crippen molar-refractivity contribution >= 4 is 10.0 Å². The Labute approximate surface area is 137 Å². The van der Waals surface area contributed by atoms with E-state index in [1.807, 2.05) is 37.3 Å². The first-order valence-electron chi connectivity index (χ1n) is 7.80. The highest BCUT2D eigenvalue weighted by Gasteiger charge is 2.42. The van der Waals surface area contributed by atoms with Gasteiger partial charge in [-0.05, 0) is 37.5 Å². The van der Waals surface area contributed by atoms with E-state index in [1.54, 1.807) is 24.3 Å². The second-order valence-corrected chi connectivity index (χ2v) is 7.83. The SMILES string of the molecule is Cc1ccc(S(=O)(=O)N2[C@H](CO)CC[C@@H]2c2ccccc2)cc1. The normalized spacial score (nSPS) is 22.3. The van der Waals surface area contributed by atoms with E-state index in [-0.39, 0.29) is 23.6 Å². The number of aliphatic hydroxyl groups is 1. The number of hydrogen-bond acceptors (Lipinski definition) is 3. The molecule has 0 unspecified atom stereocenters.